The molecule has 3 fully saturated rings. The van der Waals surface area contributed by atoms with Gasteiger partial charge in [-0.1, -0.05) is 6.92 Å². The topological polar surface area (TPSA) is 28.2 Å². The second-order valence-corrected chi connectivity index (χ2v) is 6.80. The SMILES string of the molecule is CCNc1ncccc1C(=C1CC1)N1C2CCC1C(C)C2. The third-order valence-electron chi connectivity index (χ3n) is 5.35. The van der Waals surface area contributed by atoms with E-state index < -0.39 is 0 Å². The average Bonchev–Trinajstić information content (AvgIpc) is 3.18. The van der Waals surface area contributed by atoms with E-state index in [1.807, 2.05) is 6.20 Å². The van der Waals surface area contributed by atoms with Crippen LogP contribution in [0.2, 0.25) is 0 Å². The average molecular weight is 283 g/mol. The number of nitrogens with zero attached hydrogens (tertiary/aromatic N) is 2. The molecule has 112 valence electrons. The zero-order chi connectivity index (χ0) is 14.4. The molecule has 2 saturated heterocycles. The summed E-state index contributed by atoms with van der Waals surface area (Å²) < 4.78 is 0. The second kappa shape index (κ2) is 5.04. The van der Waals surface area contributed by atoms with Gasteiger partial charge in [0.15, 0.2) is 0 Å². The number of hydrogen-bond donors (Lipinski definition) is 1. The molecule has 0 radical (unpaired) electrons. The van der Waals surface area contributed by atoms with Gasteiger partial charge < -0.3 is 10.2 Å². The van der Waals surface area contributed by atoms with Gasteiger partial charge in [-0.15, -0.1) is 0 Å². The summed E-state index contributed by atoms with van der Waals surface area (Å²) in [5.74, 6) is 1.91. The maximum atomic E-state index is 4.59. The summed E-state index contributed by atoms with van der Waals surface area (Å²) in [6.45, 7) is 5.50. The lowest BCUT2D eigenvalue weighted by Gasteiger charge is -2.30. The molecule has 21 heavy (non-hydrogen) atoms. The first-order chi connectivity index (χ1) is 10.3. The minimum absolute atomic E-state index is 0.757. The molecule has 3 nitrogen and oxygen atoms in total. The van der Waals surface area contributed by atoms with E-state index in [1.165, 1.54) is 43.4 Å². The first-order valence-corrected chi connectivity index (χ1v) is 8.49. The standard InChI is InChI=1S/C18H25N3/c1-3-19-18-15(5-4-10-20-18)17(13-6-7-13)21-14-8-9-16(21)12(2)11-14/h4-5,10,12,14,16H,3,6-9,11H2,1-2H3,(H,19,20). The monoisotopic (exact) mass is 283 g/mol. The van der Waals surface area contributed by atoms with Crippen LogP contribution in [0.25, 0.3) is 5.70 Å². The number of hydrogen-bond acceptors (Lipinski definition) is 3. The van der Waals surface area contributed by atoms with E-state index in [4.69, 9.17) is 0 Å². The van der Waals surface area contributed by atoms with Crippen LogP contribution >= 0.6 is 0 Å². The predicted octanol–water partition coefficient (Wildman–Crippen LogP) is 3.89. The summed E-state index contributed by atoms with van der Waals surface area (Å²) in [5, 5.41) is 3.45. The molecule has 1 saturated carbocycles. The molecule has 3 heteroatoms. The summed E-state index contributed by atoms with van der Waals surface area (Å²) in [5.41, 5.74) is 4.50. The molecule has 4 rings (SSSR count). The van der Waals surface area contributed by atoms with Gasteiger partial charge in [0.1, 0.15) is 5.82 Å². The Bertz CT molecular complexity index is 572. The van der Waals surface area contributed by atoms with E-state index in [0.29, 0.717) is 0 Å². The van der Waals surface area contributed by atoms with Gasteiger partial charge in [0.25, 0.3) is 0 Å². The molecule has 3 heterocycles. The quantitative estimate of drug-likeness (QED) is 0.908. The van der Waals surface area contributed by atoms with Gasteiger partial charge in [0, 0.05) is 36.1 Å². The number of anilines is 1. The Morgan fingerprint density at radius 3 is 2.86 bits per heavy atom. The van der Waals surface area contributed by atoms with Crippen LogP contribution < -0.4 is 5.32 Å². The highest BCUT2D eigenvalue weighted by atomic mass is 15.3. The molecular formula is C18H25N3. The summed E-state index contributed by atoms with van der Waals surface area (Å²) in [6, 6.07) is 5.87. The van der Waals surface area contributed by atoms with Gasteiger partial charge in [-0.05, 0) is 62.7 Å². The first-order valence-electron chi connectivity index (χ1n) is 8.49. The van der Waals surface area contributed by atoms with Crippen molar-refractivity contribution in [3.05, 3.63) is 29.5 Å². The van der Waals surface area contributed by atoms with Crippen molar-refractivity contribution in [1.29, 1.82) is 0 Å². The van der Waals surface area contributed by atoms with Gasteiger partial charge in [-0.25, -0.2) is 4.98 Å². The van der Waals surface area contributed by atoms with Crippen molar-refractivity contribution in [2.24, 2.45) is 5.92 Å². The molecular weight excluding hydrogens is 258 g/mol. The van der Waals surface area contributed by atoms with Crippen molar-refractivity contribution >= 4 is 11.5 Å². The molecule has 3 unspecified atom stereocenters. The van der Waals surface area contributed by atoms with E-state index in [2.05, 4.69) is 41.2 Å². The number of rotatable bonds is 4. The van der Waals surface area contributed by atoms with Gasteiger partial charge >= 0.3 is 0 Å². The third kappa shape index (κ3) is 2.14. The van der Waals surface area contributed by atoms with Crippen molar-refractivity contribution in [1.82, 2.24) is 9.88 Å². The van der Waals surface area contributed by atoms with Gasteiger partial charge in [0.05, 0.1) is 0 Å². The van der Waals surface area contributed by atoms with Crippen molar-refractivity contribution in [2.75, 3.05) is 11.9 Å². The predicted molar refractivity (Wildman–Crippen MR) is 87.0 cm³/mol. The minimum Gasteiger partial charge on any atom is -0.370 e. The minimum atomic E-state index is 0.757. The third-order valence-corrected chi connectivity index (χ3v) is 5.35. The maximum absolute atomic E-state index is 4.59. The molecule has 1 aliphatic carbocycles. The van der Waals surface area contributed by atoms with Crippen molar-refractivity contribution < 1.29 is 0 Å². The van der Waals surface area contributed by atoms with Crippen molar-refractivity contribution in [3.63, 3.8) is 0 Å². The highest BCUT2D eigenvalue weighted by molar-refractivity contribution is 5.78. The highest BCUT2D eigenvalue weighted by Gasteiger charge is 2.46. The number of fused-ring (bicyclic) bond motifs is 2. The molecule has 1 N–H and O–H groups in total. The Labute approximate surface area is 127 Å². The molecule has 2 aliphatic heterocycles. The van der Waals surface area contributed by atoms with E-state index in [0.717, 1.165) is 30.4 Å². The molecule has 0 aromatic carbocycles. The fraction of sp³-hybridized carbons (Fsp3) is 0.611. The Morgan fingerprint density at radius 1 is 1.38 bits per heavy atom. The van der Waals surface area contributed by atoms with E-state index in [1.54, 1.807) is 5.57 Å². The van der Waals surface area contributed by atoms with Crippen LogP contribution in [-0.4, -0.2) is 28.5 Å². The molecule has 3 atom stereocenters. The van der Waals surface area contributed by atoms with Crippen LogP contribution in [0, 0.1) is 5.92 Å². The molecule has 3 aliphatic rings. The number of pyridine rings is 1. The first kappa shape index (κ1) is 13.2. The lowest BCUT2D eigenvalue weighted by molar-refractivity contribution is 0.351. The van der Waals surface area contributed by atoms with Crippen LogP contribution in [0.4, 0.5) is 5.82 Å². The van der Waals surface area contributed by atoms with Crippen molar-refractivity contribution in [2.45, 2.75) is 58.0 Å². The van der Waals surface area contributed by atoms with Gasteiger partial charge in [-0.3, -0.25) is 0 Å². The Hall–Kier alpha value is -1.51. The molecule has 1 aromatic rings. The fourth-order valence-corrected chi connectivity index (χ4v) is 4.35. The van der Waals surface area contributed by atoms with Crippen LogP contribution in [0.3, 0.4) is 0 Å². The summed E-state index contributed by atoms with van der Waals surface area (Å²) in [4.78, 5) is 7.36. The maximum Gasteiger partial charge on any atom is 0.135 e. The molecule has 0 amide bonds. The Balaban J connectivity index is 1.76. The summed E-state index contributed by atoms with van der Waals surface area (Å²) in [6.07, 6.45) is 8.58. The number of allylic oxidation sites excluding steroid dienone is 1. The smallest absolute Gasteiger partial charge is 0.135 e. The lowest BCUT2D eigenvalue weighted by atomic mass is 9.91. The second-order valence-electron chi connectivity index (χ2n) is 6.80. The number of aromatic nitrogens is 1. The van der Waals surface area contributed by atoms with Crippen LogP contribution in [0.15, 0.2) is 23.9 Å². The Morgan fingerprint density at radius 2 is 2.24 bits per heavy atom. The Kier molecular flexibility index (Phi) is 3.16. The molecule has 1 aromatic heterocycles. The fourth-order valence-electron chi connectivity index (χ4n) is 4.35. The number of nitrogens with one attached hydrogen (secondary N) is 1. The van der Waals surface area contributed by atoms with E-state index in [-0.39, 0.29) is 0 Å². The lowest BCUT2D eigenvalue weighted by Crippen LogP contribution is -2.29. The molecule has 0 spiro atoms. The van der Waals surface area contributed by atoms with Gasteiger partial charge in [-0.2, -0.15) is 0 Å². The van der Waals surface area contributed by atoms with E-state index in [9.17, 15) is 0 Å². The van der Waals surface area contributed by atoms with Crippen molar-refractivity contribution in [3.8, 4) is 0 Å². The van der Waals surface area contributed by atoms with E-state index >= 15 is 0 Å². The van der Waals surface area contributed by atoms with Gasteiger partial charge in [0.2, 0.25) is 0 Å². The molecule has 2 bridgehead atoms. The highest BCUT2D eigenvalue weighted by Crippen LogP contribution is 2.50. The van der Waals surface area contributed by atoms with Crippen LogP contribution in [-0.2, 0) is 0 Å². The normalized spacial score (nSPS) is 29.9. The largest absolute Gasteiger partial charge is 0.370 e. The zero-order valence-corrected chi connectivity index (χ0v) is 13.1. The summed E-state index contributed by atoms with van der Waals surface area (Å²) in [7, 11) is 0. The zero-order valence-electron chi connectivity index (χ0n) is 13.1. The van der Waals surface area contributed by atoms with Crippen LogP contribution in [0.5, 0.6) is 0 Å². The summed E-state index contributed by atoms with van der Waals surface area (Å²) >= 11 is 0. The van der Waals surface area contributed by atoms with Crippen LogP contribution in [0.1, 0.15) is 51.5 Å².